The van der Waals surface area contributed by atoms with Gasteiger partial charge in [0.2, 0.25) is 5.91 Å². The zero-order valence-electron chi connectivity index (χ0n) is 8.72. The van der Waals surface area contributed by atoms with E-state index in [1.165, 1.54) is 12.0 Å². The molecule has 4 N–H and O–H groups in total. The summed E-state index contributed by atoms with van der Waals surface area (Å²) in [4.78, 5) is 12.9. The Morgan fingerprint density at radius 2 is 2.20 bits per heavy atom. The number of carbonyl (C=O) groups is 1. The number of hydrogen-bond donors (Lipinski definition) is 3. The van der Waals surface area contributed by atoms with E-state index in [-0.39, 0.29) is 31.3 Å². The molecule has 0 rings (SSSR count). The summed E-state index contributed by atoms with van der Waals surface area (Å²) in [7, 11) is 1.52. The van der Waals surface area contributed by atoms with Gasteiger partial charge in [0.15, 0.2) is 0 Å². The molecule has 7 nitrogen and oxygen atoms in total. The number of oxime groups is 1. The SMILES string of the molecule is COCCN(CCO)C(=O)CC(N)=NO. The van der Waals surface area contributed by atoms with E-state index in [0.29, 0.717) is 13.2 Å². The lowest BCUT2D eigenvalue weighted by atomic mass is 10.3. The van der Waals surface area contributed by atoms with Gasteiger partial charge in [-0.1, -0.05) is 5.16 Å². The number of aliphatic hydroxyl groups is 1. The molecule has 0 unspecified atom stereocenters. The fourth-order valence-corrected chi connectivity index (χ4v) is 0.985. The van der Waals surface area contributed by atoms with Crippen LogP contribution in [0.5, 0.6) is 0 Å². The number of rotatable bonds is 7. The van der Waals surface area contributed by atoms with E-state index < -0.39 is 0 Å². The molecule has 0 spiro atoms. The smallest absolute Gasteiger partial charge is 0.230 e. The Hall–Kier alpha value is -1.34. The van der Waals surface area contributed by atoms with Gasteiger partial charge in [0, 0.05) is 20.2 Å². The third-order valence-electron chi connectivity index (χ3n) is 1.75. The molecule has 7 heteroatoms. The molecule has 0 radical (unpaired) electrons. The average molecular weight is 219 g/mol. The Labute approximate surface area is 88.1 Å². The number of ether oxygens (including phenoxy) is 1. The zero-order valence-corrected chi connectivity index (χ0v) is 8.72. The molecule has 0 saturated heterocycles. The lowest BCUT2D eigenvalue weighted by Crippen LogP contribution is -2.38. The molecule has 0 aromatic carbocycles. The fraction of sp³-hybridized carbons (Fsp3) is 0.750. The van der Waals surface area contributed by atoms with E-state index in [1.54, 1.807) is 0 Å². The van der Waals surface area contributed by atoms with Gasteiger partial charge >= 0.3 is 0 Å². The number of methoxy groups -OCH3 is 1. The second-order valence-corrected chi connectivity index (χ2v) is 2.87. The highest BCUT2D eigenvalue weighted by molar-refractivity contribution is 5.98. The van der Waals surface area contributed by atoms with Crippen LogP contribution >= 0.6 is 0 Å². The van der Waals surface area contributed by atoms with E-state index in [1.807, 2.05) is 0 Å². The van der Waals surface area contributed by atoms with Crippen LogP contribution < -0.4 is 5.73 Å². The van der Waals surface area contributed by atoms with Crippen LogP contribution in [0.3, 0.4) is 0 Å². The molecular weight excluding hydrogens is 202 g/mol. The van der Waals surface area contributed by atoms with E-state index in [2.05, 4.69) is 5.16 Å². The first kappa shape index (κ1) is 13.7. The van der Waals surface area contributed by atoms with Crippen LogP contribution in [0.2, 0.25) is 0 Å². The molecular formula is C8H17N3O4. The van der Waals surface area contributed by atoms with Crippen LogP contribution in [0, 0.1) is 0 Å². The molecule has 0 atom stereocenters. The Kier molecular flexibility index (Phi) is 7.29. The van der Waals surface area contributed by atoms with Crippen LogP contribution in [0.4, 0.5) is 0 Å². The molecule has 0 fully saturated rings. The summed E-state index contributed by atoms with van der Waals surface area (Å²) in [6, 6.07) is 0. The highest BCUT2D eigenvalue weighted by Crippen LogP contribution is 1.94. The predicted octanol–water partition coefficient (Wildman–Crippen LogP) is -1.41. The van der Waals surface area contributed by atoms with Crippen molar-refractivity contribution < 1.29 is 19.8 Å². The number of nitrogens with zero attached hydrogens (tertiary/aromatic N) is 2. The third-order valence-corrected chi connectivity index (χ3v) is 1.75. The first-order valence-electron chi connectivity index (χ1n) is 4.49. The zero-order chi connectivity index (χ0) is 11.7. The molecule has 0 aromatic heterocycles. The summed E-state index contributed by atoms with van der Waals surface area (Å²) >= 11 is 0. The monoisotopic (exact) mass is 219 g/mol. The Morgan fingerprint density at radius 3 is 2.67 bits per heavy atom. The van der Waals surface area contributed by atoms with Crippen LogP contribution in [0.1, 0.15) is 6.42 Å². The van der Waals surface area contributed by atoms with Gasteiger partial charge in [0.25, 0.3) is 0 Å². The molecule has 0 aliphatic heterocycles. The Balaban J connectivity index is 4.15. The largest absolute Gasteiger partial charge is 0.409 e. The van der Waals surface area contributed by atoms with Crippen molar-refractivity contribution in [2.24, 2.45) is 10.9 Å². The van der Waals surface area contributed by atoms with Gasteiger partial charge in [-0.2, -0.15) is 0 Å². The molecule has 0 aliphatic rings. The van der Waals surface area contributed by atoms with E-state index in [4.69, 9.17) is 20.8 Å². The quantitative estimate of drug-likeness (QED) is 0.211. The average Bonchev–Trinajstić information content (AvgIpc) is 2.23. The van der Waals surface area contributed by atoms with Crippen molar-refractivity contribution in [1.82, 2.24) is 4.90 Å². The van der Waals surface area contributed by atoms with Crippen molar-refractivity contribution >= 4 is 11.7 Å². The number of nitrogens with two attached hydrogens (primary N) is 1. The van der Waals surface area contributed by atoms with Crippen molar-refractivity contribution in [2.45, 2.75) is 6.42 Å². The Morgan fingerprint density at radius 1 is 1.53 bits per heavy atom. The van der Waals surface area contributed by atoms with Gasteiger partial charge in [-0.05, 0) is 0 Å². The molecule has 88 valence electrons. The van der Waals surface area contributed by atoms with E-state index in [0.717, 1.165) is 0 Å². The van der Waals surface area contributed by atoms with Gasteiger partial charge in [0.05, 0.1) is 19.6 Å². The first-order valence-corrected chi connectivity index (χ1v) is 4.49. The van der Waals surface area contributed by atoms with Crippen LogP contribution in [-0.2, 0) is 9.53 Å². The van der Waals surface area contributed by atoms with Crippen molar-refractivity contribution in [1.29, 1.82) is 0 Å². The highest BCUT2D eigenvalue weighted by Gasteiger charge is 2.14. The maximum Gasteiger partial charge on any atom is 0.230 e. The Bertz CT molecular complexity index is 220. The number of hydrogen-bond acceptors (Lipinski definition) is 5. The molecule has 0 aromatic rings. The summed E-state index contributed by atoms with van der Waals surface area (Å²) in [6.07, 6.45) is -0.166. The van der Waals surface area contributed by atoms with Gasteiger partial charge in [0.1, 0.15) is 5.84 Å². The van der Waals surface area contributed by atoms with E-state index in [9.17, 15) is 4.79 Å². The molecule has 0 bridgehead atoms. The summed E-state index contributed by atoms with van der Waals surface area (Å²) in [5, 5.41) is 19.7. The van der Waals surface area contributed by atoms with E-state index >= 15 is 0 Å². The normalized spacial score (nSPS) is 11.5. The second kappa shape index (κ2) is 8.01. The van der Waals surface area contributed by atoms with Crippen molar-refractivity contribution in [2.75, 3.05) is 33.4 Å². The number of aliphatic hydroxyl groups excluding tert-OH is 1. The topological polar surface area (TPSA) is 108 Å². The van der Waals surface area contributed by atoms with Crippen LogP contribution in [0.15, 0.2) is 5.16 Å². The van der Waals surface area contributed by atoms with Crippen LogP contribution in [-0.4, -0.2) is 60.4 Å². The summed E-state index contributed by atoms with van der Waals surface area (Å²) < 4.78 is 4.81. The standard InChI is InChI=1S/C8H17N3O4/c1-15-5-3-11(2-4-12)8(13)6-7(9)10-14/h12,14H,2-6H2,1H3,(H2,9,10). The first-order chi connectivity index (χ1) is 7.15. The van der Waals surface area contributed by atoms with Crippen molar-refractivity contribution in [3.63, 3.8) is 0 Å². The number of carbonyl (C=O) groups excluding carboxylic acids is 1. The van der Waals surface area contributed by atoms with Crippen molar-refractivity contribution in [3.8, 4) is 0 Å². The summed E-state index contributed by atoms with van der Waals surface area (Å²) in [5.74, 6) is -0.461. The van der Waals surface area contributed by atoms with Gasteiger partial charge in [-0.25, -0.2) is 0 Å². The maximum atomic E-state index is 11.5. The minimum absolute atomic E-state index is 0.133. The van der Waals surface area contributed by atoms with Crippen molar-refractivity contribution in [3.05, 3.63) is 0 Å². The summed E-state index contributed by atoms with van der Waals surface area (Å²) in [6.45, 7) is 0.822. The fourth-order valence-electron chi connectivity index (χ4n) is 0.985. The number of amidine groups is 1. The maximum absolute atomic E-state index is 11.5. The molecule has 0 aliphatic carbocycles. The lowest BCUT2D eigenvalue weighted by Gasteiger charge is -2.20. The van der Waals surface area contributed by atoms with Gasteiger partial charge in [-0.15, -0.1) is 0 Å². The lowest BCUT2D eigenvalue weighted by molar-refractivity contribution is -0.131. The minimum Gasteiger partial charge on any atom is -0.409 e. The molecule has 15 heavy (non-hydrogen) atoms. The minimum atomic E-state index is -0.309. The molecule has 1 amide bonds. The summed E-state index contributed by atoms with van der Waals surface area (Å²) in [5.41, 5.74) is 5.20. The molecule has 0 heterocycles. The molecule has 0 saturated carbocycles. The predicted molar refractivity (Wildman–Crippen MR) is 53.6 cm³/mol. The third kappa shape index (κ3) is 5.87. The van der Waals surface area contributed by atoms with Gasteiger partial charge < -0.3 is 25.7 Å². The highest BCUT2D eigenvalue weighted by atomic mass is 16.5. The second-order valence-electron chi connectivity index (χ2n) is 2.87. The van der Waals surface area contributed by atoms with Crippen LogP contribution in [0.25, 0.3) is 0 Å². The number of amides is 1. The van der Waals surface area contributed by atoms with Gasteiger partial charge in [-0.3, -0.25) is 4.79 Å².